The zero-order valence-corrected chi connectivity index (χ0v) is 28.6. The maximum Gasteiger partial charge on any atom is 0.417 e. The molecule has 2 aliphatic rings. The van der Waals surface area contributed by atoms with Crippen LogP contribution in [0.15, 0.2) is 67.0 Å². The van der Waals surface area contributed by atoms with Crippen LogP contribution in [0.1, 0.15) is 52.7 Å². The van der Waals surface area contributed by atoms with Crippen LogP contribution in [0.3, 0.4) is 0 Å². The molecule has 2 aromatic carbocycles. The van der Waals surface area contributed by atoms with Crippen molar-refractivity contribution in [3.63, 3.8) is 0 Å². The first kappa shape index (κ1) is 34.1. The van der Waals surface area contributed by atoms with Crippen LogP contribution in [-0.2, 0) is 28.7 Å². The van der Waals surface area contributed by atoms with Gasteiger partial charge in [-0.3, -0.25) is 24.7 Å². The second kappa shape index (κ2) is 13.7. The van der Waals surface area contributed by atoms with Gasteiger partial charge in [0.05, 0.1) is 28.1 Å². The van der Waals surface area contributed by atoms with Gasteiger partial charge in [0, 0.05) is 56.1 Å². The van der Waals surface area contributed by atoms with Crippen molar-refractivity contribution in [1.82, 2.24) is 25.2 Å². The summed E-state index contributed by atoms with van der Waals surface area (Å²) >= 11 is 1.20. The third kappa shape index (κ3) is 7.13. The lowest BCUT2D eigenvalue weighted by Crippen LogP contribution is -2.52. The molecule has 1 unspecified atom stereocenters. The lowest BCUT2D eigenvalue weighted by atomic mass is 10.0. The van der Waals surface area contributed by atoms with Crippen molar-refractivity contribution in [2.45, 2.75) is 50.9 Å². The maximum absolute atomic E-state index is 14.3. The number of piperidine rings is 1. The van der Waals surface area contributed by atoms with Crippen LogP contribution in [0.2, 0.25) is 0 Å². The number of aromatic nitrogens is 3. The number of hydrogen-bond donors (Lipinski definition) is 1. The second-order valence-electron chi connectivity index (χ2n) is 12.8. The van der Waals surface area contributed by atoms with Gasteiger partial charge in [0.15, 0.2) is 0 Å². The number of imide groups is 1. The molecule has 262 valence electrons. The minimum atomic E-state index is -4.61. The van der Waals surface area contributed by atoms with Gasteiger partial charge in [-0.05, 0) is 85.3 Å². The largest absolute Gasteiger partial charge is 0.494 e. The molecule has 1 N–H and O–H groups in total. The Labute approximate surface area is 295 Å². The summed E-state index contributed by atoms with van der Waals surface area (Å²) in [7, 11) is 3.67. The first-order chi connectivity index (χ1) is 24.4. The number of rotatable bonds is 10. The third-order valence-electron chi connectivity index (χ3n) is 9.02. The van der Waals surface area contributed by atoms with Crippen LogP contribution in [0, 0.1) is 0 Å². The summed E-state index contributed by atoms with van der Waals surface area (Å²) in [6, 6.07) is 14.8. The summed E-state index contributed by atoms with van der Waals surface area (Å²) in [6.45, 7) is 0.734. The lowest BCUT2D eigenvalue weighted by molar-refractivity contribution is -0.138. The molecule has 0 saturated carbocycles. The quantitative estimate of drug-likeness (QED) is 0.126. The Morgan fingerprint density at radius 3 is 2.57 bits per heavy atom. The highest BCUT2D eigenvalue weighted by atomic mass is 32.1. The molecule has 14 heteroatoms. The molecule has 0 spiro atoms. The van der Waals surface area contributed by atoms with E-state index < -0.39 is 23.7 Å². The van der Waals surface area contributed by atoms with Crippen molar-refractivity contribution in [2.24, 2.45) is 0 Å². The topological polar surface area (TPSA) is 118 Å². The van der Waals surface area contributed by atoms with Gasteiger partial charge in [-0.15, -0.1) is 11.3 Å². The second-order valence-corrected chi connectivity index (χ2v) is 13.8. The summed E-state index contributed by atoms with van der Waals surface area (Å²) < 4.78 is 49.6. The molecule has 10 nitrogen and oxygen atoms in total. The van der Waals surface area contributed by atoms with E-state index >= 15 is 0 Å². The molecule has 51 heavy (non-hydrogen) atoms. The van der Waals surface area contributed by atoms with Gasteiger partial charge < -0.3 is 14.5 Å². The summed E-state index contributed by atoms with van der Waals surface area (Å²) in [6.07, 6.45) is 0.970. The van der Waals surface area contributed by atoms with Crippen molar-refractivity contribution in [2.75, 3.05) is 25.6 Å². The minimum Gasteiger partial charge on any atom is -0.494 e. The Bertz CT molecular complexity index is 2150. The molecule has 7 rings (SSSR count). The molecular formula is C37H33F3N6O4S. The maximum atomic E-state index is 14.3. The molecule has 1 saturated heterocycles. The Kier molecular flexibility index (Phi) is 9.19. The zero-order valence-electron chi connectivity index (χ0n) is 27.8. The van der Waals surface area contributed by atoms with Gasteiger partial charge in [-0.2, -0.15) is 13.2 Å². The fourth-order valence-electron chi connectivity index (χ4n) is 6.32. The van der Waals surface area contributed by atoms with E-state index in [4.69, 9.17) is 4.74 Å². The van der Waals surface area contributed by atoms with Crippen molar-refractivity contribution in [3.05, 3.63) is 89.2 Å². The number of anilines is 1. The van der Waals surface area contributed by atoms with Crippen LogP contribution < -0.4 is 15.0 Å². The molecule has 5 aromatic rings. The molecule has 0 bridgehead atoms. The molecule has 2 aliphatic heterocycles. The normalized spacial score (nSPS) is 16.1. The van der Waals surface area contributed by atoms with E-state index in [2.05, 4.69) is 20.3 Å². The first-order valence-electron chi connectivity index (χ1n) is 16.5. The SMILES string of the molecule is CN(C)c1ccc(-c2cc(C(F)(F)F)c(-c3nc4ccc(CCCCOc5ccc6c(c5)CN(C5CCC(=O)NC5=O)C6=O)cc4s3)cn2)cn1. The molecule has 5 heterocycles. The number of ether oxygens (including phenoxy) is 1. The Hall–Kier alpha value is -5.37. The number of amides is 3. The zero-order chi connectivity index (χ0) is 35.9. The number of alkyl halides is 3. The van der Waals surface area contributed by atoms with Crippen molar-refractivity contribution >= 4 is 45.1 Å². The highest BCUT2D eigenvalue weighted by Gasteiger charge is 2.39. The number of pyridine rings is 2. The van der Waals surface area contributed by atoms with E-state index in [0.29, 0.717) is 41.2 Å². The monoisotopic (exact) mass is 714 g/mol. The number of thiazole rings is 1. The number of unbranched alkanes of at least 4 members (excludes halogenated alkanes) is 1. The average Bonchev–Trinajstić information content (AvgIpc) is 3.67. The smallest absolute Gasteiger partial charge is 0.417 e. The van der Waals surface area contributed by atoms with Gasteiger partial charge >= 0.3 is 6.18 Å². The summed E-state index contributed by atoms with van der Waals surface area (Å²) in [5, 5.41) is 2.56. The lowest BCUT2D eigenvalue weighted by Gasteiger charge is -2.29. The van der Waals surface area contributed by atoms with Gasteiger partial charge in [0.1, 0.15) is 22.6 Å². The van der Waals surface area contributed by atoms with Crippen LogP contribution in [-0.4, -0.2) is 64.3 Å². The van der Waals surface area contributed by atoms with E-state index in [9.17, 15) is 27.6 Å². The summed E-state index contributed by atoms with van der Waals surface area (Å²) in [5.41, 5.74) is 2.77. The number of nitrogens with one attached hydrogen (secondary N) is 1. The van der Waals surface area contributed by atoms with Gasteiger partial charge in [0.2, 0.25) is 11.8 Å². The third-order valence-corrected chi connectivity index (χ3v) is 10.1. The highest BCUT2D eigenvalue weighted by molar-refractivity contribution is 7.21. The number of aryl methyl sites for hydroxylation is 1. The number of benzene rings is 2. The number of halogens is 3. The summed E-state index contributed by atoms with van der Waals surface area (Å²) in [5.74, 6) is 0.313. The molecule has 3 aromatic heterocycles. The number of nitrogens with zero attached hydrogens (tertiary/aromatic N) is 5. The Morgan fingerprint density at radius 1 is 0.980 bits per heavy atom. The van der Waals surface area contributed by atoms with Gasteiger partial charge in [0.25, 0.3) is 5.91 Å². The highest BCUT2D eigenvalue weighted by Crippen LogP contribution is 2.41. The average molecular weight is 715 g/mol. The van der Waals surface area contributed by atoms with Gasteiger partial charge in [-0.1, -0.05) is 6.07 Å². The molecule has 1 atom stereocenters. The van der Waals surface area contributed by atoms with Crippen LogP contribution >= 0.6 is 11.3 Å². The van der Waals surface area contributed by atoms with E-state index in [1.807, 2.05) is 38.4 Å². The van der Waals surface area contributed by atoms with E-state index in [1.165, 1.54) is 28.6 Å². The van der Waals surface area contributed by atoms with Crippen LogP contribution in [0.5, 0.6) is 5.75 Å². The summed E-state index contributed by atoms with van der Waals surface area (Å²) in [4.78, 5) is 53.2. The Morgan fingerprint density at radius 2 is 1.82 bits per heavy atom. The fraction of sp³-hybridized carbons (Fsp3) is 0.297. The molecule has 0 aliphatic carbocycles. The number of carbonyl (C=O) groups excluding carboxylic acids is 3. The molecular weight excluding hydrogens is 682 g/mol. The van der Waals surface area contributed by atoms with Gasteiger partial charge in [-0.25, -0.2) is 9.97 Å². The fourth-order valence-corrected chi connectivity index (χ4v) is 7.38. The molecule has 1 fully saturated rings. The van der Waals surface area contributed by atoms with E-state index in [-0.39, 0.29) is 41.0 Å². The molecule has 0 radical (unpaired) electrons. The van der Waals surface area contributed by atoms with Crippen molar-refractivity contribution in [3.8, 4) is 27.6 Å². The Balaban J connectivity index is 0.965. The first-order valence-corrected chi connectivity index (χ1v) is 17.3. The standard InChI is InChI=1S/C37H33F3N6O4S/c1-45(2)32-12-7-22(18-42-32)29-17-27(37(38,39)40)26(19-41-29)35-43-28-10-6-21(15-31(28)51-35)5-3-4-14-50-24-8-9-25-23(16-24)20-46(36(25)49)30-11-13-33(47)44-34(30)48/h6-10,12,15-19,30H,3-5,11,13-14,20H2,1-2H3,(H,44,47,48). The van der Waals surface area contributed by atoms with Crippen LogP contribution in [0.4, 0.5) is 19.0 Å². The van der Waals surface area contributed by atoms with E-state index in [1.54, 1.807) is 29.2 Å². The van der Waals surface area contributed by atoms with E-state index in [0.717, 1.165) is 41.2 Å². The number of fused-ring (bicyclic) bond motifs is 2. The minimum absolute atomic E-state index is 0.0661. The predicted molar refractivity (Wildman–Crippen MR) is 186 cm³/mol. The number of hydrogen-bond acceptors (Lipinski definition) is 9. The van der Waals surface area contributed by atoms with Crippen molar-refractivity contribution in [1.29, 1.82) is 0 Å². The molecule has 3 amide bonds. The van der Waals surface area contributed by atoms with Crippen LogP contribution in [0.25, 0.3) is 32.0 Å². The van der Waals surface area contributed by atoms with Crippen molar-refractivity contribution < 1.29 is 32.3 Å². The number of carbonyl (C=O) groups is 3. The predicted octanol–water partition coefficient (Wildman–Crippen LogP) is 6.67.